The molecule has 0 aliphatic carbocycles. The van der Waals surface area contributed by atoms with E-state index in [1.54, 1.807) is 0 Å². The molecule has 3 heteroatoms. The van der Waals surface area contributed by atoms with Crippen molar-refractivity contribution >= 4 is 17.2 Å². The molecule has 2 rings (SSSR count). The van der Waals surface area contributed by atoms with Gasteiger partial charge in [0.05, 0.1) is 4.99 Å². The number of rotatable bonds is 7. The second-order valence-corrected chi connectivity index (χ2v) is 5.56. The second kappa shape index (κ2) is 8.53. The zero-order valence-corrected chi connectivity index (χ0v) is 12.8. The summed E-state index contributed by atoms with van der Waals surface area (Å²) in [7, 11) is 0. The Morgan fingerprint density at radius 2 is 1.57 bits per heavy atom. The highest BCUT2D eigenvalue weighted by atomic mass is 32.1. The van der Waals surface area contributed by atoms with Gasteiger partial charge >= 0.3 is 0 Å². The van der Waals surface area contributed by atoms with Crippen LogP contribution in [0, 0.1) is 5.82 Å². The van der Waals surface area contributed by atoms with Gasteiger partial charge in [-0.05, 0) is 42.5 Å². The van der Waals surface area contributed by atoms with Crippen LogP contribution >= 0.6 is 12.2 Å². The van der Waals surface area contributed by atoms with Gasteiger partial charge in [0, 0.05) is 13.0 Å². The van der Waals surface area contributed by atoms with E-state index in [1.807, 2.05) is 18.2 Å². The fourth-order valence-corrected chi connectivity index (χ4v) is 2.37. The van der Waals surface area contributed by atoms with E-state index in [4.69, 9.17) is 12.2 Å². The van der Waals surface area contributed by atoms with E-state index >= 15 is 0 Å². The summed E-state index contributed by atoms with van der Waals surface area (Å²) < 4.78 is 12.8. The van der Waals surface area contributed by atoms with Crippen LogP contribution < -0.4 is 5.32 Å². The van der Waals surface area contributed by atoms with Gasteiger partial charge in [-0.3, -0.25) is 0 Å². The van der Waals surface area contributed by atoms with Crippen molar-refractivity contribution in [3.63, 3.8) is 0 Å². The molecule has 110 valence electrons. The monoisotopic (exact) mass is 301 g/mol. The maximum atomic E-state index is 12.8. The van der Waals surface area contributed by atoms with Crippen molar-refractivity contribution in [1.82, 2.24) is 5.32 Å². The van der Waals surface area contributed by atoms with Crippen LogP contribution in [0.4, 0.5) is 4.39 Å². The third-order valence-electron chi connectivity index (χ3n) is 3.36. The molecule has 1 nitrogen and oxygen atoms in total. The van der Waals surface area contributed by atoms with Crippen LogP contribution in [-0.4, -0.2) is 11.5 Å². The Balaban J connectivity index is 1.60. The van der Waals surface area contributed by atoms with Gasteiger partial charge in [-0.15, -0.1) is 0 Å². The van der Waals surface area contributed by atoms with E-state index in [1.165, 1.54) is 17.7 Å². The molecule has 0 fully saturated rings. The first-order chi connectivity index (χ1) is 10.2. The highest BCUT2D eigenvalue weighted by Crippen LogP contribution is 2.06. The van der Waals surface area contributed by atoms with Gasteiger partial charge in [0.25, 0.3) is 0 Å². The average Bonchev–Trinajstić information content (AvgIpc) is 2.52. The maximum Gasteiger partial charge on any atom is 0.123 e. The van der Waals surface area contributed by atoms with Crippen molar-refractivity contribution < 1.29 is 4.39 Å². The van der Waals surface area contributed by atoms with Gasteiger partial charge in [-0.2, -0.15) is 0 Å². The Hall–Kier alpha value is -1.74. The number of benzene rings is 2. The minimum Gasteiger partial charge on any atom is -0.380 e. The Labute approximate surface area is 131 Å². The molecule has 0 saturated heterocycles. The fraction of sp³-hybridized carbons (Fsp3) is 0.278. The zero-order valence-electron chi connectivity index (χ0n) is 12.0. The Morgan fingerprint density at radius 1 is 0.905 bits per heavy atom. The van der Waals surface area contributed by atoms with Crippen molar-refractivity contribution in [1.29, 1.82) is 0 Å². The lowest BCUT2D eigenvalue weighted by molar-refractivity contribution is 0.627. The Morgan fingerprint density at radius 3 is 2.29 bits per heavy atom. The zero-order chi connectivity index (χ0) is 14.9. The van der Waals surface area contributed by atoms with Gasteiger partial charge in [-0.25, -0.2) is 4.39 Å². The Kier molecular flexibility index (Phi) is 6.35. The summed E-state index contributed by atoms with van der Waals surface area (Å²) in [5, 5.41) is 3.29. The van der Waals surface area contributed by atoms with E-state index in [0.717, 1.165) is 42.8 Å². The van der Waals surface area contributed by atoms with Crippen LogP contribution in [0.5, 0.6) is 0 Å². The highest BCUT2D eigenvalue weighted by molar-refractivity contribution is 7.80. The predicted molar refractivity (Wildman–Crippen MR) is 90.1 cm³/mol. The van der Waals surface area contributed by atoms with E-state index in [0.29, 0.717) is 0 Å². The first-order valence-corrected chi connectivity index (χ1v) is 7.70. The van der Waals surface area contributed by atoms with E-state index < -0.39 is 0 Å². The van der Waals surface area contributed by atoms with Crippen molar-refractivity contribution in [3.05, 3.63) is 71.5 Å². The van der Waals surface area contributed by atoms with Crippen LogP contribution in [0.1, 0.15) is 24.0 Å². The third kappa shape index (κ3) is 6.05. The number of nitrogens with one attached hydrogen (secondary N) is 1. The maximum absolute atomic E-state index is 12.8. The summed E-state index contributed by atoms with van der Waals surface area (Å²) in [6, 6.07) is 17.1. The summed E-state index contributed by atoms with van der Waals surface area (Å²) >= 11 is 5.32. The van der Waals surface area contributed by atoms with Gasteiger partial charge < -0.3 is 5.32 Å². The standard InChI is InChI=1S/C18H20FNS/c19-17-11-8-16(9-12-17)10-13-18(21)20-14-4-7-15-5-2-1-3-6-15/h1-3,5-6,8-9,11-12H,4,7,10,13-14H2,(H,20,21). The molecule has 0 atom stereocenters. The lowest BCUT2D eigenvalue weighted by Crippen LogP contribution is -2.23. The smallest absolute Gasteiger partial charge is 0.123 e. The molecule has 0 aliphatic rings. The first-order valence-electron chi connectivity index (χ1n) is 7.29. The van der Waals surface area contributed by atoms with Crippen molar-refractivity contribution in [2.24, 2.45) is 0 Å². The normalized spacial score (nSPS) is 10.3. The molecule has 0 unspecified atom stereocenters. The molecule has 0 spiro atoms. The molecular formula is C18H20FNS. The van der Waals surface area contributed by atoms with Gasteiger partial charge in [0.1, 0.15) is 5.82 Å². The summed E-state index contributed by atoms with van der Waals surface area (Å²) in [5.74, 6) is -0.194. The van der Waals surface area contributed by atoms with E-state index in [2.05, 4.69) is 29.6 Å². The van der Waals surface area contributed by atoms with Gasteiger partial charge in [0.2, 0.25) is 0 Å². The van der Waals surface area contributed by atoms with Crippen molar-refractivity contribution in [2.75, 3.05) is 6.54 Å². The lowest BCUT2D eigenvalue weighted by Gasteiger charge is -2.08. The SMILES string of the molecule is Fc1ccc(CCC(=S)NCCCc2ccccc2)cc1. The molecule has 0 bridgehead atoms. The lowest BCUT2D eigenvalue weighted by atomic mass is 10.1. The number of halogens is 1. The summed E-state index contributed by atoms with van der Waals surface area (Å²) in [6.07, 6.45) is 3.80. The number of hydrogen-bond donors (Lipinski definition) is 1. The van der Waals surface area contributed by atoms with E-state index in [9.17, 15) is 4.39 Å². The molecular weight excluding hydrogens is 281 g/mol. The molecule has 1 N–H and O–H groups in total. The van der Waals surface area contributed by atoms with E-state index in [-0.39, 0.29) is 5.82 Å². The molecule has 2 aromatic carbocycles. The van der Waals surface area contributed by atoms with Crippen LogP contribution in [0.25, 0.3) is 0 Å². The quantitative estimate of drug-likeness (QED) is 0.604. The van der Waals surface area contributed by atoms with Crippen LogP contribution in [0.15, 0.2) is 54.6 Å². The molecule has 2 aromatic rings. The first kappa shape index (κ1) is 15.6. The van der Waals surface area contributed by atoms with Gasteiger partial charge in [0.15, 0.2) is 0 Å². The third-order valence-corrected chi connectivity index (χ3v) is 3.71. The molecule has 0 amide bonds. The van der Waals surface area contributed by atoms with Gasteiger partial charge in [-0.1, -0.05) is 54.7 Å². The summed E-state index contributed by atoms with van der Waals surface area (Å²) in [6.45, 7) is 0.900. The summed E-state index contributed by atoms with van der Waals surface area (Å²) in [4.78, 5) is 0.882. The largest absolute Gasteiger partial charge is 0.380 e. The minimum atomic E-state index is -0.194. The van der Waals surface area contributed by atoms with Crippen molar-refractivity contribution in [2.45, 2.75) is 25.7 Å². The van der Waals surface area contributed by atoms with Crippen LogP contribution in [0.2, 0.25) is 0 Å². The highest BCUT2D eigenvalue weighted by Gasteiger charge is 1.99. The Bertz CT molecular complexity index is 551. The molecule has 21 heavy (non-hydrogen) atoms. The van der Waals surface area contributed by atoms with Crippen molar-refractivity contribution in [3.8, 4) is 0 Å². The molecule has 0 heterocycles. The molecule has 0 aliphatic heterocycles. The molecule has 0 saturated carbocycles. The number of aryl methyl sites for hydroxylation is 2. The molecule has 0 radical (unpaired) electrons. The fourth-order valence-electron chi connectivity index (χ4n) is 2.16. The van der Waals surface area contributed by atoms with Crippen LogP contribution in [0.3, 0.4) is 0 Å². The number of hydrogen-bond acceptors (Lipinski definition) is 1. The topological polar surface area (TPSA) is 12.0 Å². The second-order valence-electron chi connectivity index (χ2n) is 5.07. The van der Waals surface area contributed by atoms with Crippen LogP contribution in [-0.2, 0) is 12.8 Å². The molecule has 0 aromatic heterocycles. The average molecular weight is 301 g/mol. The number of thiocarbonyl (C=S) groups is 1. The minimum absolute atomic E-state index is 0.194. The summed E-state index contributed by atoms with van der Waals surface area (Å²) in [5.41, 5.74) is 2.47. The predicted octanol–water partition coefficient (Wildman–Crippen LogP) is 4.31.